The van der Waals surface area contributed by atoms with Crippen molar-refractivity contribution in [2.45, 2.75) is 13.0 Å². The Hall–Kier alpha value is -2.70. The number of aliphatic hydroxyl groups is 1. The summed E-state index contributed by atoms with van der Waals surface area (Å²) in [5.41, 5.74) is 1.83. The third-order valence-corrected chi connectivity index (χ3v) is 3.90. The molecule has 2 heterocycles. The molecular formula is C17H13ClN2O4. The summed E-state index contributed by atoms with van der Waals surface area (Å²) in [4.78, 5) is 30.9. The number of ketones is 1. The third-order valence-electron chi connectivity index (χ3n) is 3.66. The first-order valence-corrected chi connectivity index (χ1v) is 7.49. The number of carbonyl (C=O) groups is 2. The Balaban J connectivity index is 2.16. The zero-order valence-corrected chi connectivity index (χ0v) is 13.2. The smallest absolute Gasteiger partial charge is 0.307 e. The van der Waals surface area contributed by atoms with E-state index in [1.165, 1.54) is 12.3 Å². The van der Waals surface area contributed by atoms with Crippen molar-refractivity contribution >= 4 is 34.3 Å². The molecule has 3 rings (SSSR count). The number of carbonyl (C=O) groups excluding carboxylic acids is 1. The van der Waals surface area contributed by atoms with Gasteiger partial charge in [-0.15, -0.1) is 0 Å². The molecular weight excluding hydrogens is 332 g/mol. The number of aliphatic carboxylic acids is 1. The lowest BCUT2D eigenvalue weighted by atomic mass is 10.0. The number of hydrogen-bond acceptors (Lipinski definition) is 4. The Morgan fingerprint density at radius 3 is 2.71 bits per heavy atom. The van der Waals surface area contributed by atoms with Crippen LogP contribution in [0.1, 0.15) is 27.3 Å². The molecule has 0 unspecified atom stereocenters. The highest BCUT2D eigenvalue weighted by Crippen LogP contribution is 2.27. The van der Waals surface area contributed by atoms with Crippen molar-refractivity contribution in [3.05, 3.63) is 64.1 Å². The van der Waals surface area contributed by atoms with Gasteiger partial charge in [0.1, 0.15) is 5.69 Å². The van der Waals surface area contributed by atoms with Crippen LogP contribution in [0, 0.1) is 0 Å². The number of carboxylic acid groups (broad SMARTS) is 1. The molecule has 1 aromatic carbocycles. The number of aromatic nitrogens is 2. The standard InChI is InChI=1S/C17H13ClN2O4/c18-10-1-2-13-11(6-10)12(7-15(22)23)16(20-13)17(24)14-5-9(8-21)3-4-19-14/h1-6,20-21H,7-8H2,(H,22,23). The molecule has 0 saturated carbocycles. The van der Waals surface area contributed by atoms with E-state index in [0.29, 0.717) is 27.1 Å². The monoisotopic (exact) mass is 344 g/mol. The van der Waals surface area contributed by atoms with E-state index in [1.807, 2.05) is 0 Å². The van der Waals surface area contributed by atoms with E-state index in [4.69, 9.17) is 16.7 Å². The molecule has 122 valence electrons. The quantitative estimate of drug-likeness (QED) is 0.617. The first-order chi connectivity index (χ1) is 11.5. The first-order valence-electron chi connectivity index (χ1n) is 7.12. The topological polar surface area (TPSA) is 103 Å². The molecule has 0 aliphatic rings. The number of benzene rings is 1. The van der Waals surface area contributed by atoms with Crippen LogP contribution < -0.4 is 0 Å². The lowest BCUT2D eigenvalue weighted by Gasteiger charge is -2.03. The number of fused-ring (bicyclic) bond motifs is 1. The average Bonchev–Trinajstić information content (AvgIpc) is 2.91. The summed E-state index contributed by atoms with van der Waals surface area (Å²) in [5, 5.41) is 19.4. The molecule has 6 nitrogen and oxygen atoms in total. The van der Waals surface area contributed by atoms with Gasteiger partial charge in [0.25, 0.3) is 0 Å². The van der Waals surface area contributed by atoms with Gasteiger partial charge in [-0.3, -0.25) is 14.6 Å². The number of aliphatic hydroxyl groups excluding tert-OH is 1. The largest absolute Gasteiger partial charge is 0.481 e. The Morgan fingerprint density at radius 1 is 1.21 bits per heavy atom. The fraction of sp³-hybridized carbons (Fsp3) is 0.118. The van der Waals surface area contributed by atoms with Crippen LogP contribution in [-0.4, -0.2) is 31.9 Å². The van der Waals surface area contributed by atoms with Gasteiger partial charge in [0.15, 0.2) is 0 Å². The molecule has 0 fully saturated rings. The van der Waals surface area contributed by atoms with Gasteiger partial charge in [0.05, 0.1) is 18.7 Å². The molecule has 0 aliphatic carbocycles. The molecule has 0 radical (unpaired) electrons. The third kappa shape index (κ3) is 3.02. The lowest BCUT2D eigenvalue weighted by Crippen LogP contribution is -2.10. The van der Waals surface area contributed by atoms with Crippen LogP contribution in [0.2, 0.25) is 5.02 Å². The summed E-state index contributed by atoms with van der Waals surface area (Å²) in [6, 6.07) is 8.05. The van der Waals surface area contributed by atoms with Gasteiger partial charge in [-0.1, -0.05) is 11.6 Å². The van der Waals surface area contributed by atoms with Gasteiger partial charge in [0.2, 0.25) is 5.78 Å². The van der Waals surface area contributed by atoms with Crippen molar-refractivity contribution in [3.63, 3.8) is 0 Å². The molecule has 0 spiro atoms. The van der Waals surface area contributed by atoms with E-state index >= 15 is 0 Å². The van der Waals surface area contributed by atoms with E-state index in [2.05, 4.69) is 9.97 Å². The molecule has 0 bridgehead atoms. The Bertz CT molecular complexity index is 949. The minimum Gasteiger partial charge on any atom is -0.481 e. The summed E-state index contributed by atoms with van der Waals surface area (Å²) < 4.78 is 0. The number of carboxylic acids is 1. The maximum Gasteiger partial charge on any atom is 0.307 e. The molecule has 3 aromatic rings. The zero-order valence-electron chi connectivity index (χ0n) is 12.4. The van der Waals surface area contributed by atoms with E-state index in [-0.39, 0.29) is 24.4 Å². The average molecular weight is 345 g/mol. The van der Waals surface area contributed by atoms with Crippen molar-refractivity contribution < 1.29 is 19.8 Å². The summed E-state index contributed by atoms with van der Waals surface area (Å²) in [7, 11) is 0. The summed E-state index contributed by atoms with van der Waals surface area (Å²) in [5.74, 6) is -1.49. The predicted molar refractivity (Wildman–Crippen MR) is 88.2 cm³/mol. The fourth-order valence-electron chi connectivity index (χ4n) is 2.57. The van der Waals surface area contributed by atoms with E-state index in [1.54, 1.807) is 24.3 Å². The van der Waals surface area contributed by atoms with Gasteiger partial charge in [-0.2, -0.15) is 0 Å². The van der Waals surface area contributed by atoms with Gasteiger partial charge in [-0.05, 0) is 35.9 Å². The highest BCUT2D eigenvalue weighted by molar-refractivity contribution is 6.31. The highest BCUT2D eigenvalue weighted by Gasteiger charge is 2.22. The van der Waals surface area contributed by atoms with Gasteiger partial charge >= 0.3 is 5.97 Å². The summed E-state index contributed by atoms with van der Waals surface area (Å²) in [6.07, 6.45) is 1.11. The van der Waals surface area contributed by atoms with Crippen molar-refractivity contribution in [2.24, 2.45) is 0 Å². The number of nitrogens with one attached hydrogen (secondary N) is 1. The first kappa shape index (κ1) is 16.2. The van der Waals surface area contributed by atoms with Crippen molar-refractivity contribution in [1.29, 1.82) is 0 Å². The highest BCUT2D eigenvalue weighted by atomic mass is 35.5. The van der Waals surface area contributed by atoms with Gasteiger partial charge in [0, 0.05) is 27.7 Å². The SMILES string of the molecule is O=C(O)Cc1c(C(=O)c2cc(CO)ccn2)[nH]c2ccc(Cl)cc12. The number of halogens is 1. The Labute approximate surface area is 141 Å². The zero-order chi connectivity index (χ0) is 17.3. The Kier molecular flexibility index (Phi) is 4.33. The number of pyridine rings is 1. The minimum absolute atomic E-state index is 0.130. The fourth-order valence-corrected chi connectivity index (χ4v) is 2.75. The number of aromatic amines is 1. The van der Waals surface area contributed by atoms with Crippen molar-refractivity contribution in [1.82, 2.24) is 9.97 Å². The van der Waals surface area contributed by atoms with E-state index in [9.17, 15) is 14.7 Å². The lowest BCUT2D eigenvalue weighted by molar-refractivity contribution is -0.136. The van der Waals surface area contributed by atoms with Gasteiger partial charge < -0.3 is 15.2 Å². The van der Waals surface area contributed by atoms with E-state index in [0.717, 1.165) is 0 Å². The second-order valence-corrected chi connectivity index (χ2v) is 5.71. The van der Waals surface area contributed by atoms with Crippen LogP contribution in [0.4, 0.5) is 0 Å². The van der Waals surface area contributed by atoms with E-state index < -0.39 is 11.8 Å². The molecule has 0 amide bonds. The van der Waals surface area contributed by atoms with Crippen LogP contribution in [0.3, 0.4) is 0 Å². The molecule has 0 saturated heterocycles. The number of H-pyrrole nitrogens is 1. The number of nitrogens with zero attached hydrogens (tertiary/aromatic N) is 1. The van der Waals surface area contributed by atoms with Crippen molar-refractivity contribution in [2.75, 3.05) is 0 Å². The van der Waals surface area contributed by atoms with Gasteiger partial charge in [-0.25, -0.2) is 0 Å². The maximum atomic E-state index is 12.8. The minimum atomic E-state index is -1.05. The maximum absolute atomic E-state index is 12.8. The molecule has 3 N–H and O–H groups in total. The van der Waals surface area contributed by atoms with Crippen LogP contribution in [0.25, 0.3) is 10.9 Å². The molecule has 2 aromatic heterocycles. The number of hydrogen-bond donors (Lipinski definition) is 3. The van der Waals surface area contributed by atoms with Crippen LogP contribution in [0.5, 0.6) is 0 Å². The van der Waals surface area contributed by atoms with Crippen molar-refractivity contribution in [3.8, 4) is 0 Å². The normalized spacial score (nSPS) is 10.9. The summed E-state index contributed by atoms with van der Waals surface area (Å²) >= 11 is 5.99. The van der Waals surface area contributed by atoms with Crippen LogP contribution >= 0.6 is 11.6 Å². The number of rotatable bonds is 5. The summed E-state index contributed by atoms with van der Waals surface area (Å²) in [6.45, 7) is -0.215. The van der Waals surface area contributed by atoms with Crippen LogP contribution in [0.15, 0.2) is 36.5 Å². The molecule has 7 heteroatoms. The molecule has 0 aliphatic heterocycles. The second kappa shape index (κ2) is 6.43. The van der Waals surface area contributed by atoms with Crippen LogP contribution in [-0.2, 0) is 17.8 Å². The molecule has 24 heavy (non-hydrogen) atoms. The molecule has 0 atom stereocenters. The predicted octanol–water partition coefficient (Wildman–Crippen LogP) is 2.57. The Morgan fingerprint density at radius 2 is 2.00 bits per heavy atom. The second-order valence-electron chi connectivity index (χ2n) is 5.28.